The van der Waals surface area contributed by atoms with E-state index in [-0.39, 0.29) is 0 Å². The van der Waals surface area contributed by atoms with Gasteiger partial charge in [-0.25, -0.2) is 4.98 Å². The van der Waals surface area contributed by atoms with Gasteiger partial charge in [0.2, 0.25) is 0 Å². The van der Waals surface area contributed by atoms with E-state index in [1.807, 2.05) is 31.2 Å². The van der Waals surface area contributed by atoms with Gasteiger partial charge in [0.15, 0.2) is 5.65 Å². The van der Waals surface area contributed by atoms with Gasteiger partial charge in [0.05, 0.1) is 16.6 Å². The lowest BCUT2D eigenvalue weighted by Crippen LogP contribution is -2.47. The lowest BCUT2D eigenvalue weighted by atomic mass is 10.1. The Hall–Kier alpha value is -3.62. The number of aryl methyl sites for hydroxylation is 1. The summed E-state index contributed by atoms with van der Waals surface area (Å²) in [5.74, 6) is 1.12. The molecule has 5 nitrogen and oxygen atoms in total. The number of pyridine rings is 1. The van der Waals surface area contributed by atoms with Crippen molar-refractivity contribution in [3.8, 4) is 6.07 Å². The predicted molar refractivity (Wildman–Crippen MR) is 126 cm³/mol. The standard InChI is InChI=1S/C26H25N5/c1-20-18-25(31-24-12-6-5-11-23(24)28-26(31)22(20)19-27)30-16-14-29(15-17-30)13-7-10-21-8-3-2-4-9-21/h2-12,18H,13-17H2,1H3. The van der Waals surface area contributed by atoms with Crippen LogP contribution in [-0.2, 0) is 0 Å². The van der Waals surface area contributed by atoms with Crippen LogP contribution in [0.25, 0.3) is 22.8 Å². The van der Waals surface area contributed by atoms with Crippen LogP contribution in [-0.4, -0.2) is 47.0 Å². The highest BCUT2D eigenvalue weighted by Crippen LogP contribution is 2.29. The number of aromatic nitrogens is 2. The molecule has 1 fully saturated rings. The third kappa shape index (κ3) is 3.67. The largest absolute Gasteiger partial charge is 0.355 e. The molecule has 0 spiro atoms. The van der Waals surface area contributed by atoms with E-state index in [1.165, 1.54) is 5.56 Å². The average Bonchev–Trinajstić information content (AvgIpc) is 3.19. The molecule has 5 rings (SSSR count). The Balaban J connectivity index is 1.39. The summed E-state index contributed by atoms with van der Waals surface area (Å²) in [4.78, 5) is 9.69. The smallest absolute Gasteiger partial charge is 0.157 e. The minimum Gasteiger partial charge on any atom is -0.355 e. The second-order valence-electron chi connectivity index (χ2n) is 8.03. The quantitative estimate of drug-likeness (QED) is 0.500. The van der Waals surface area contributed by atoms with Gasteiger partial charge >= 0.3 is 0 Å². The molecule has 0 aliphatic carbocycles. The number of anilines is 1. The molecule has 3 heterocycles. The summed E-state index contributed by atoms with van der Waals surface area (Å²) in [5, 5.41) is 9.71. The van der Waals surface area contributed by atoms with Crippen molar-refractivity contribution in [2.24, 2.45) is 0 Å². The topological polar surface area (TPSA) is 47.6 Å². The highest BCUT2D eigenvalue weighted by Gasteiger charge is 2.22. The zero-order valence-electron chi connectivity index (χ0n) is 17.7. The lowest BCUT2D eigenvalue weighted by Gasteiger charge is -2.36. The molecule has 0 unspecified atom stereocenters. The van der Waals surface area contributed by atoms with E-state index in [2.05, 4.69) is 68.8 Å². The Labute approximate surface area is 182 Å². The van der Waals surface area contributed by atoms with Gasteiger partial charge in [-0.2, -0.15) is 5.26 Å². The van der Waals surface area contributed by atoms with Crippen molar-refractivity contribution in [3.05, 3.63) is 83.4 Å². The summed E-state index contributed by atoms with van der Waals surface area (Å²) in [6, 6.07) is 23.1. The first-order valence-electron chi connectivity index (χ1n) is 10.7. The molecular weight excluding hydrogens is 382 g/mol. The fourth-order valence-corrected chi connectivity index (χ4v) is 4.36. The van der Waals surface area contributed by atoms with Gasteiger partial charge < -0.3 is 4.90 Å². The maximum absolute atomic E-state index is 9.71. The summed E-state index contributed by atoms with van der Waals surface area (Å²) in [5.41, 5.74) is 5.61. The van der Waals surface area contributed by atoms with Gasteiger partial charge in [0, 0.05) is 32.7 Å². The van der Waals surface area contributed by atoms with E-state index >= 15 is 0 Å². The van der Waals surface area contributed by atoms with Crippen molar-refractivity contribution in [2.45, 2.75) is 6.92 Å². The fraction of sp³-hybridized carbons (Fsp3) is 0.231. The molecule has 0 saturated carbocycles. The molecule has 2 aromatic carbocycles. The third-order valence-electron chi connectivity index (χ3n) is 6.04. The van der Waals surface area contributed by atoms with E-state index in [9.17, 15) is 5.26 Å². The van der Waals surface area contributed by atoms with Crippen LogP contribution < -0.4 is 4.90 Å². The Morgan fingerprint density at radius 2 is 1.74 bits per heavy atom. The molecule has 4 aromatic rings. The first-order valence-corrected chi connectivity index (χ1v) is 10.7. The molecule has 0 bridgehead atoms. The van der Waals surface area contributed by atoms with Crippen molar-refractivity contribution < 1.29 is 0 Å². The van der Waals surface area contributed by atoms with Crippen molar-refractivity contribution in [3.63, 3.8) is 0 Å². The second-order valence-corrected chi connectivity index (χ2v) is 8.03. The molecule has 0 N–H and O–H groups in total. The molecule has 1 aliphatic heterocycles. The van der Waals surface area contributed by atoms with Gasteiger partial charge in [-0.3, -0.25) is 9.30 Å². The van der Waals surface area contributed by atoms with Crippen LogP contribution in [0.4, 0.5) is 5.82 Å². The maximum atomic E-state index is 9.71. The molecule has 0 radical (unpaired) electrons. The monoisotopic (exact) mass is 407 g/mol. The van der Waals surface area contributed by atoms with E-state index < -0.39 is 0 Å². The SMILES string of the molecule is Cc1cc(N2CCN(CC=Cc3ccccc3)CC2)n2c(nc3ccccc32)c1C#N. The van der Waals surface area contributed by atoms with Crippen LogP contribution in [0.1, 0.15) is 16.7 Å². The van der Waals surface area contributed by atoms with Crippen LogP contribution in [0.3, 0.4) is 0 Å². The van der Waals surface area contributed by atoms with E-state index in [1.54, 1.807) is 0 Å². The van der Waals surface area contributed by atoms with Crippen molar-refractivity contribution in [2.75, 3.05) is 37.6 Å². The minimum absolute atomic E-state index is 0.657. The number of hydrogen-bond donors (Lipinski definition) is 0. The second kappa shape index (κ2) is 8.25. The number of benzene rings is 2. The zero-order valence-corrected chi connectivity index (χ0v) is 17.7. The molecular formula is C26H25N5. The number of nitriles is 1. The van der Waals surface area contributed by atoms with Crippen molar-refractivity contribution >= 4 is 28.6 Å². The Morgan fingerprint density at radius 1 is 1.00 bits per heavy atom. The van der Waals surface area contributed by atoms with Crippen LogP contribution in [0.2, 0.25) is 0 Å². The van der Waals surface area contributed by atoms with Crippen LogP contribution in [0.5, 0.6) is 0 Å². The van der Waals surface area contributed by atoms with E-state index in [4.69, 9.17) is 4.98 Å². The predicted octanol–water partition coefficient (Wildman–Crippen LogP) is 4.50. The third-order valence-corrected chi connectivity index (χ3v) is 6.04. The summed E-state index contributed by atoms with van der Waals surface area (Å²) < 4.78 is 2.16. The van der Waals surface area contributed by atoms with Gasteiger partial charge in [0.1, 0.15) is 11.9 Å². The molecule has 5 heteroatoms. The molecule has 1 aliphatic rings. The van der Waals surface area contributed by atoms with Gasteiger partial charge in [-0.05, 0) is 36.2 Å². The van der Waals surface area contributed by atoms with E-state index in [0.29, 0.717) is 5.56 Å². The number of para-hydroxylation sites is 2. The molecule has 1 saturated heterocycles. The number of imidazole rings is 1. The summed E-state index contributed by atoms with van der Waals surface area (Å²) in [6.07, 6.45) is 4.44. The highest BCUT2D eigenvalue weighted by atomic mass is 15.3. The number of fused-ring (bicyclic) bond motifs is 3. The molecule has 0 atom stereocenters. The number of nitrogens with zero attached hydrogens (tertiary/aromatic N) is 5. The van der Waals surface area contributed by atoms with Crippen LogP contribution in [0.15, 0.2) is 66.7 Å². The summed E-state index contributed by atoms with van der Waals surface area (Å²) in [7, 11) is 0. The first-order chi connectivity index (χ1) is 15.2. The van der Waals surface area contributed by atoms with Gasteiger partial charge in [-0.15, -0.1) is 0 Å². The molecule has 31 heavy (non-hydrogen) atoms. The van der Waals surface area contributed by atoms with Crippen LogP contribution >= 0.6 is 0 Å². The Kier molecular flexibility index (Phi) is 5.15. The van der Waals surface area contributed by atoms with Crippen molar-refractivity contribution in [1.29, 1.82) is 5.26 Å². The maximum Gasteiger partial charge on any atom is 0.157 e. The number of hydrogen-bond acceptors (Lipinski definition) is 4. The summed E-state index contributed by atoms with van der Waals surface area (Å²) >= 11 is 0. The van der Waals surface area contributed by atoms with E-state index in [0.717, 1.165) is 60.8 Å². The number of rotatable bonds is 4. The highest BCUT2D eigenvalue weighted by molar-refractivity contribution is 5.85. The normalized spacial score (nSPS) is 15.2. The average molecular weight is 408 g/mol. The lowest BCUT2D eigenvalue weighted by molar-refractivity contribution is 0.283. The first kappa shape index (κ1) is 19.3. The molecule has 0 amide bonds. The number of piperazine rings is 1. The van der Waals surface area contributed by atoms with Crippen molar-refractivity contribution in [1.82, 2.24) is 14.3 Å². The minimum atomic E-state index is 0.657. The van der Waals surface area contributed by atoms with Crippen LogP contribution in [0, 0.1) is 18.3 Å². The molecule has 154 valence electrons. The Morgan fingerprint density at radius 3 is 2.52 bits per heavy atom. The Bertz CT molecular complexity index is 1290. The van der Waals surface area contributed by atoms with Gasteiger partial charge in [0.25, 0.3) is 0 Å². The zero-order chi connectivity index (χ0) is 21.2. The van der Waals surface area contributed by atoms with Gasteiger partial charge in [-0.1, -0.05) is 54.6 Å². The molecule has 2 aromatic heterocycles. The summed E-state index contributed by atoms with van der Waals surface area (Å²) in [6.45, 7) is 6.88. The fourth-order valence-electron chi connectivity index (χ4n) is 4.36.